The lowest BCUT2D eigenvalue weighted by Gasteiger charge is -2.19. The highest BCUT2D eigenvalue weighted by Crippen LogP contribution is 2.23. The lowest BCUT2D eigenvalue weighted by molar-refractivity contribution is -0.141. The van der Waals surface area contributed by atoms with E-state index < -0.39 is 0 Å². The Bertz CT molecular complexity index is 454. The molecule has 0 atom stereocenters. The van der Waals surface area contributed by atoms with Gasteiger partial charge in [-0.25, -0.2) is 0 Å². The first-order valence-corrected chi connectivity index (χ1v) is 5.52. The Labute approximate surface area is 105 Å². The topological polar surface area (TPSA) is 53.3 Å². The molecule has 0 aliphatic carbocycles. The van der Waals surface area contributed by atoms with E-state index in [2.05, 4.69) is 6.07 Å². The van der Waals surface area contributed by atoms with Crippen LogP contribution in [0.15, 0.2) is 18.2 Å². The molecule has 0 saturated heterocycles. The SMILES string of the molecule is CCOC(=O)CN(C)c1cc(Cl)ccc1C#N. The number of esters is 1. The van der Waals surface area contributed by atoms with Crippen molar-refractivity contribution in [3.8, 4) is 6.07 Å². The van der Waals surface area contributed by atoms with Gasteiger partial charge in [0.05, 0.1) is 17.9 Å². The lowest BCUT2D eigenvalue weighted by Crippen LogP contribution is -2.27. The maximum Gasteiger partial charge on any atom is 0.325 e. The first-order valence-electron chi connectivity index (χ1n) is 5.15. The summed E-state index contributed by atoms with van der Waals surface area (Å²) in [4.78, 5) is 13.0. The highest BCUT2D eigenvalue weighted by molar-refractivity contribution is 6.30. The predicted octanol–water partition coefficient (Wildman–Crippen LogP) is 2.21. The molecule has 0 amide bonds. The van der Waals surface area contributed by atoms with Crippen LogP contribution >= 0.6 is 11.6 Å². The number of likely N-dealkylation sites (N-methyl/N-ethyl adjacent to an activating group) is 1. The number of hydrogen-bond donors (Lipinski definition) is 0. The van der Waals surface area contributed by atoms with Crippen molar-refractivity contribution < 1.29 is 9.53 Å². The minimum absolute atomic E-state index is 0.0862. The number of benzene rings is 1. The summed E-state index contributed by atoms with van der Waals surface area (Å²) < 4.78 is 4.84. The summed E-state index contributed by atoms with van der Waals surface area (Å²) in [6.07, 6.45) is 0. The Kier molecular flexibility index (Phi) is 4.80. The van der Waals surface area contributed by atoms with E-state index >= 15 is 0 Å². The highest BCUT2D eigenvalue weighted by atomic mass is 35.5. The summed E-state index contributed by atoms with van der Waals surface area (Å²) in [5.41, 5.74) is 1.09. The van der Waals surface area contributed by atoms with Gasteiger partial charge in [-0.05, 0) is 25.1 Å². The Morgan fingerprint density at radius 2 is 2.29 bits per heavy atom. The van der Waals surface area contributed by atoms with Crippen molar-refractivity contribution in [2.75, 3.05) is 25.1 Å². The van der Waals surface area contributed by atoms with Crippen LogP contribution in [-0.2, 0) is 9.53 Å². The fourth-order valence-electron chi connectivity index (χ4n) is 1.40. The highest BCUT2D eigenvalue weighted by Gasteiger charge is 2.12. The smallest absolute Gasteiger partial charge is 0.325 e. The van der Waals surface area contributed by atoms with E-state index in [-0.39, 0.29) is 12.5 Å². The summed E-state index contributed by atoms with van der Waals surface area (Å²) in [5, 5.41) is 9.48. The van der Waals surface area contributed by atoms with Crippen LogP contribution in [0, 0.1) is 11.3 Å². The molecule has 0 aliphatic rings. The van der Waals surface area contributed by atoms with E-state index in [4.69, 9.17) is 21.6 Å². The van der Waals surface area contributed by atoms with Crippen LogP contribution in [0.1, 0.15) is 12.5 Å². The van der Waals surface area contributed by atoms with Crippen LogP contribution in [0.4, 0.5) is 5.69 Å². The number of hydrogen-bond acceptors (Lipinski definition) is 4. The maximum atomic E-state index is 11.3. The van der Waals surface area contributed by atoms with Crippen LogP contribution in [0.25, 0.3) is 0 Å². The number of nitrogens with zero attached hydrogens (tertiary/aromatic N) is 2. The molecule has 0 spiro atoms. The summed E-state index contributed by atoms with van der Waals surface area (Å²) >= 11 is 5.86. The zero-order valence-corrected chi connectivity index (χ0v) is 10.5. The predicted molar refractivity (Wildman–Crippen MR) is 66.1 cm³/mol. The molecule has 0 unspecified atom stereocenters. The minimum Gasteiger partial charge on any atom is -0.465 e. The van der Waals surface area contributed by atoms with Gasteiger partial charge < -0.3 is 9.64 Å². The number of halogens is 1. The van der Waals surface area contributed by atoms with E-state index in [1.807, 2.05) is 0 Å². The zero-order valence-electron chi connectivity index (χ0n) is 9.74. The van der Waals surface area contributed by atoms with Gasteiger partial charge in [0.2, 0.25) is 0 Å². The van der Waals surface area contributed by atoms with Crippen molar-refractivity contribution in [2.45, 2.75) is 6.92 Å². The standard InChI is InChI=1S/C12H13ClN2O2/c1-3-17-12(16)8-15(2)11-6-10(13)5-4-9(11)7-14/h4-6H,3,8H2,1-2H3. The average molecular weight is 253 g/mol. The molecular formula is C12H13ClN2O2. The second-order valence-electron chi connectivity index (χ2n) is 3.43. The Morgan fingerprint density at radius 3 is 2.88 bits per heavy atom. The first kappa shape index (κ1) is 13.3. The zero-order chi connectivity index (χ0) is 12.8. The molecule has 0 N–H and O–H groups in total. The third kappa shape index (κ3) is 3.65. The second kappa shape index (κ2) is 6.12. The molecule has 1 aromatic rings. The first-order chi connectivity index (χ1) is 8.08. The van der Waals surface area contributed by atoms with E-state index in [1.165, 1.54) is 0 Å². The summed E-state index contributed by atoms with van der Waals surface area (Å²) in [5.74, 6) is -0.334. The minimum atomic E-state index is -0.334. The Hall–Kier alpha value is -1.73. The summed E-state index contributed by atoms with van der Waals surface area (Å²) in [7, 11) is 1.71. The maximum absolute atomic E-state index is 11.3. The third-order valence-corrected chi connectivity index (χ3v) is 2.40. The average Bonchev–Trinajstić information content (AvgIpc) is 2.29. The molecule has 0 radical (unpaired) electrons. The Morgan fingerprint density at radius 1 is 1.59 bits per heavy atom. The van der Waals surface area contributed by atoms with E-state index in [0.717, 1.165) is 0 Å². The van der Waals surface area contributed by atoms with E-state index in [9.17, 15) is 4.79 Å². The van der Waals surface area contributed by atoms with Gasteiger partial charge in [0.1, 0.15) is 12.6 Å². The molecule has 5 heteroatoms. The molecule has 0 heterocycles. The quantitative estimate of drug-likeness (QED) is 0.771. The third-order valence-electron chi connectivity index (χ3n) is 2.16. The number of ether oxygens (including phenoxy) is 1. The van der Waals surface area contributed by atoms with Crippen molar-refractivity contribution in [1.29, 1.82) is 5.26 Å². The number of anilines is 1. The molecule has 1 aromatic carbocycles. The molecule has 4 nitrogen and oxygen atoms in total. The van der Waals surface area contributed by atoms with Gasteiger partial charge in [0, 0.05) is 12.1 Å². The number of carbonyl (C=O) groups excluding carboxylic acids is 1. The molecule has 0 fully saturated rings. The van der Waals surface area contributed by atoms with Crippen molar-refractivity contribution in [1.82, 2.24) is 0 Å². The molecule has 0 bridgehead atoms. The summed E-state index contributed by atoms with van der Waals surface area (Å²) in [6, 6.07) is 6.97. The van der Waals surface area contributed by atoms with E-state index in [1.54, 1.807) is 37.1 Å². The van der Waals surface area contributed by atoms with Gasteiger partial charge in [0.15, 0.2) is 0 Å². The second-order valence-corrected chi connectivity index (χ2v) is 3.87. The number of carbonyl (C=O) groups is 1. The molecule has 90 valence electrons. The normalized spacial score (nSPS) is 9.53. The van der Waals surface area contributed by atoms with Crippen LogP contribution in [-0.4, -0.2) is 26.2 Å². The molecular weight excluding hydrogens is 240 g/mol. The largest absolute Gasteiger partial charge is 0.465 e. The van der Waals surface area contributed by atoms with Crippen LogP contribution in [0.2, 0.25) is 5.02 Å². The molecule has 0 aromatic heterocycles. The fraction of sp³-hybridized carbons (Fsp3) is 0.333. The van der Waals surface area contributed by atoms with Crippen molar-refractivity contribution in [2.24, 2.45) is 0 Å². The van der Waals surface area contributed by atoms with Crippen LogP contribution in [0.5, 0.6) is 0 Å². The van der Waals surface area contributed by atoms with E-state index in [0.29, 0.717) is 22.9 Å². The van der Waals surface area contributed by atoms with Gasteiger partial charge in [-0.2, -0.15) is 5.26 Å². The van der Waals surface area contributed by atoms with Gasteiger partial charge in [-0.15, -0.1) is 0 Å². The van der Waals surface area contributed by atoms with Gasteiger partial charge >= 0.3 is 5.97 Å². The monoisotopic (exact) mass is 252 g/mol. The lowest BCUT2D eigenvalue weighted by atomic mass is 10.2. The molecule has 0 aliphatic heterocycles. The van der Waals surface area contributed by atoms with Gasteiger partial charge in [0.25, 0.3) is 0 Å². The van der Waals surface area contributed by atoms with Crippen LogP contribution < -0.4 is 4.90 Å². The molecule has 0 saturated carbocycles. The fourth-order valence-corrected chi connectivity index (χ4v) is 1.57. The number of rotatable bonds is 4. The Balaban J connectivity index is 2.88. The summed E-state index contributed by atoms with van der Waals surface area (Å²) in [6.45, 7) is 2.17. The van der Waals surface area contributed by atoms with Crippen molar-refractivity contribution in [3.05, 3.63) is 28.8 Å². The van der Waals surface area contributed by atoms with Crippen LogP contribution in [0.3, 0.4) is 0 Å². The van der Waals surface area contributed by atoms with Gasteiger partial charge in [-0.3, -0.25) is 4.79 Å². The molecule has 1 rings (SSSR count). The molecule has 17 heavy (non-hydrogen) atoms. The van der Waals surface area contributed by atoms with Gasteiger partial charge in [-0.1, -0.05) is 11.6 Å². The van der Waals surface area contributed by atoms with Crippen molar-refractivity contribution in [3.63, 3.8) is 0 Å². The number of nitriles is 1. The van der Waals surface area contributed by atoms with Crippen molar-refractivity contribution >= 4 is 23.3 Å².